The van der Waals surface area contributed by atoms with Crippen LogP contribution < -0.4 is 10.5 Å². The summed E-state index contributed by atoms with van der Waals surface area (Å²) in [5.41, 5.74) is 5.27. The molecule has 4 N–H and O–H groups in total. The van der Waals surface area contributed by atoms with Crippen LogP contribution in [0.15, 0.2) is 18.2 Å². The molecule has 0 radical (unpaired) electrons. The van der Waals surface area contributed by atoms with Crippen LogP contribution in [0.5, 0.6) is 0 Å². The molecule has 1 aromatic rings. The topological polar surface area (TPSA) is 96.0 Å². The lowest BCUT2D eigenvalue weighted by Crippen LogP contribution is -2.21. The molecule has 0 atom stereocenters. The minimum atomic E-state index is -3.47. The van der Waals surface area contributed by atoms with Gasteiger partial charge in [-0.3, -0.25) is 10.1 Å². The maximum absolute atomic E-state index is 13.3. The van der Waals surface area contributed by atoms with Crippen molar-refractivity contribution in [1.29, 1.82) is 5.41 Å². The van der Waals surface area contributed by atoms with Crippen molar-refractivity contribution >= 4 is 21.5 Å². The molecule has 5 nitrogen and oxygen atoms in total. The zero-order valence-corrected chi connectivity index (χ0v) is 11.0. The summed E-state index contributed by atoms with van der Waals surface area (Å²) in [6.07, 6.45) is 0. The third-order valence-corrected chi connectivity index (χ3v) is 3.73. The van der Waals surface area contributed by atoms with E-state index in [0.717, 1.165) is 6.07 Å². The molecule has 0 heterocycles. The van der Waals surface area contributed by atoms with E-state index in [4.69, 9.17) is 11.1 Å². The van der Waals surface area contributed by atoms with E-state index in [2.05, 4.69) is 4.72 Å². The van der Waals surface area contributed by atoms with Gasteiger partial charge in [0.1, 0.15) is 11.7 Å². The fourth-order valence-corrected chi connectivity index (χ4v) is 2.90. The van der Waals surface area contributed by atoms with Crippen LogP contribution in [-0.2, 0) is 10.0 Å². The highest BCUT2D eigenvalue weighted by atomic mass is 32.2. The average Bonchev–Trinajstić information content (AvgIpc) is 2.18. The number of rotatable bonds is 5. The lowest BCUT2D eigenvalue weighted by molar-refractivity contribution is 0.587. The average molecular weight is 273 g/mol. The van der Waals surface area contributed by atoms with Crippen LogP contribution in [0.2, 0.25) is 0 Å². The van der Waals surface area contributed by atoms with Crippen LogP contribution in [0.1, 0.15) is 19.4 Å². The molecule has 0 bridgehead atoms. The Morgan fingerprint density at radius 3 is 2.61 bits per heavy atom. The van der Waals surface area contributed by atoms with Crippen LogP contribution in [0, 0.1) is 17.1 Å². The Kier molecular flexibility index (Phi) is 4.28. The second-order valence-electron chi connectivity index (χ2n) is 4.39. The number of anilines is 1. The molecule has 0 spiro atoms. The number of nitrogen functional groups attached to an aromatic ring is 1. The standard InChI is InChI=1S/C11H16FN3O2S/c1-7(2)6-18(16,17)15-8-3-4-10(12)9(5-8)11(13)14/h3-5,7,15H,6H2,1-2H3,(H3,13,14). The number of hydrogen-bond acceptors (Lipinski definition) is 3. The zero-order chi connectivity index (χ0) is 13.9. The Balaban J connectivity index is 2.99. The molecular formula is C11H16FN3O2S. The fraction of sp³-hybridized carbons (Fsp3) is 0.364. The van der Waals surface area contributed by atoms with E-state index in [1.807, 2.05) is 0 Å². The summed E-state index contributed by atoms with van der Waals surface area (Å²) >= 11 is 0. The van der Waals surface area contributed by atoms with E-state index in [0.29, 0.717) is 0 Å². The van der Waals surface area contributed by atoms with Gasteiger partial charge in [-0.25, -0.2) is 12.8 Å². The van der Waals surface area contributed by atoms with Crippen LogP contribution in [-0.4, -0.2) is 20.0 Å². The van der Waals surface area contributed by atoms with Gasteiger partial charge in [0.15, 0.2) is 0 Å². The zero-order valence-electron chi connectivity index (χ0n) is 10.2. The lowest BCUT2D eigenvalue weighted by atomic mass is 10.2. The van der Waals surface area contributed by atoms with Gasteiger partial charge in [0.25, 0.3) is 0 Å². The Hall–Kier alpha value is -1.63. The molecule has 0 aromatic heterocycles. The molecule has 7 heteroatoms. The van der Waals surface area contributed by atoms with Crippen LogP contribution >= 0.6 is 0 Å². The summed E-state index contributed by atoms with van der Waals surface area (Å²) in [5.74, 6) is -1.15. The Morgan fingerprint density at radius 2 is 2.11 bits per heavy atom. The number of amidine groups is 1. The molecule has 100 valence electrons. The van der Waals surface area contributed by atoms with Crippen molar-refractivity contribution in [2.45, 2.75) is 13.8 Å². The summed E-state index contributed by atoms with van der Waals surface area (Å²) in [6.45, 7) is 3.57. The number of benzene rings is 1. The van der Waals surface area contributed by atoms with Gasteiger partial charge in [-0.2, -0.15) is 0 Å². The number of sulfonamides is 1. The van der Waals surface area contributed by atoms with Gasteiger partial charge in [-0.05, 0) is 24.1 Å². The number of hydrogen-bond donors (Lipinski definition) is 3. The Morgan fingerprint density at radius 1 is 1.50 bits per heavy atom. The summed E-state index contributed by atoms with van der Waals surface area (Å²) in [6, 6.07) is 3.57. The Bertz CT molecular complexity index is 555. The number of nitrogens with one attached hydrogen (secondary N) is 2. The molecule has 0 aliphatic rings. The van der Waals surface area contributed by atoms with E-state index in [1.165, 1.54) is 12.1 Å². The molecule has 0 unspecified atom stereocenters. The minimum Gasteiger partial charge on any atom is -0.384 e. The van der Waals surface area contributed by atoms with Crippen LogP contribution in [0.4, 0.5) is 10.1 Å². The van der Waals surface area contributed by atoms with Crippen molar-refractivity contribution in [3.8, 4) is 0 Å². The first-order valence-corrected chi connectivity index (χ1v) is 7.01. The van der Waals surface area contributed by atoms with Crippen molar-refractivity contribution in [2.24, 2.45) is 11.7 Å². The molecular weight excluding hydrogens is 257 g/mol. The van der Waals surface area contributed by atoms with Crippen molar-refractivity contribution in [2.75, 3.05) is 10.5 Å². The van der Waals surface area contributed by atoms with Crippen molar-refractivity contribution < 1.29 is 12.8 Å². The third-order valence-electron chi connectivity index (χ3n) is 2.08. The molecule has 0 amide bonds. The molecule has 0 saturated carbocycles. The monoisotopic (exact) mass is 273 g/mol. The molecule has 1 rings (SSSR count). The summed E-state index contributed by atoms with van der Waals surface area (Å²) in [5, 5.41) is 7.18. The number of nitrogens with two attached hydrogens (primary N) is 1. The predicted octanol–water partition coefficient (Wildman–Crippen LogP) is 1.51. The third kappa shape index (κ3) is 3.99. The first-order valence-electron chi connectivity index (χ1n) is 5.35. The summed E-state index contributed by atoms with van der Waals surface area (Å²) in [7, 11) is -3.47. The van der Waals surface area contributed by atoms with E-state index < -0.39 is 21.7 Å². The smallest absolute Gasteiger partial charge is 0.232 e. The molecule has 0 saturated heterocycles. The Labute approximate surface area is 106 Å². The molecule has 18 heavy (non-hydrogen) atoms. The van der Waals surface area contributed by atoms with E-state index >= 15 is 0 Å². The predicted molar refractivity (Wildman–Crippen MR) is 69.7 cm³/mol. The van der Waals surface area contributed by atoms with E-state index in [1.54, 1.807) is 13.8 Å². The fourth-order valence-electron chi connectivity index (χ4n) is 1.46. The molecule has 1 aromatic carbocycles. The van der Waals surface area contributed by atoms with Crippen LogP contribution in [0.25, 0.3) is 0 Å². The van der Waals surface area contributed by atoms with Crippen molar-refractivity contribution in [3.05, 3.63) is 29.6 Å². The maximum Gasteiger partial charge on any atom is 0.232 e. The highest BCUT2D eigenvalue weighted by Gasteiger charge is 2.14. The number of halogens is 1. The van der Waals surface area contributed by atoms with Gasteiger partial charge in [-0.15, -0.1) is 0 Å². The first kappa shape index (κ1) is 14.4. The van der Waals surface area contributed by atoms with Crippen molar-refractivity contribution in [3.63, 3.8) is 0 Å². The van der Waals surface area contributed by atoms with E-state index in [-0.39, 0.29) is 22.9 Å². The highest BCUT2D eigenvalue weighted by Crippen LogP contribution is 2.16. The van der Waals surface area contributed by atoms with Gasteiger partial charge in [-0.1, -0.05) is 13.8 Å². The maximum atomic E-state index is 13.3. The molecule has 0 fully saturated rings. The second kappa shape index (κ2) is 5.34. The van der Waals surface area contributed by atoms with Crippen LogP contribution in [0.3, 0.4) is 0 Å². The van der Waals surface area contributed by atoms with Gasteiger partial charge >= 0.3 is 0 Å². The van der Waals surface area contributed by atoms with Gasteiger partial charge < -0.3 is 5.73 Å². The SMILES string of the molecule is CC(C)CS(=O)(=O)Nc1ccc(F)c(C(=N)N)c1. The largest absolute Gasteiger partial charge is 0.384 e. The second-order valence-corrected chi connectivity index (χ2v) is 6.15. The van der Waals surface area contributed by atoms with Gasteiger partial charge in [0, 0.05) is 5.69 Å². The quantitative estimate of drug-likeness (QED) is 0.560. The van der Waals surface area contributed by atoms with Gasteiger partial charge in [0.05, 0.1) is 11.3 Å². The molecule has 0 aliphatic carbocycles. The first-order chi connectivity index (χ1) is 8.21. The van der Waals surface area contributed by atoms with E-state index in [9.17, 15) is 12.8 Å². The minimum absolute atomic E-state index is 0.0183. The molecule has 0 aliphatic heterocycles. The van der Waals surface area contributed by atoms with Gasteiger partial charge in [0.2, 0.25) is 10.0 Å². The summed E-state index contributed by atoms with van der Waals surface area (Å²) in [4.78, 5) is 0. The lowest BCUT2D eigenvalue weighted by Gasteiger charge is -2.11. The normalized spacial score (nSPS) is 11.6. The van der Waals surface area contributed by atoms with Crippen molar-refractivity contribution in [1.82, 2.24) is 0 Å². The summed E-state index contributed by atoms with van der Waals surface area (Å²) < 4.78 is 39.0. The highest BCUT2D eigenvalue weighted by molar-refractivity contribution is 7.92.